The van der Waals surface area contributed by atoms with E-state index in [1.807, 2.05) is 0 Å². The van der Waals surface area contributed by atoms with Gasteiger partial charge in [0.1, 0.15) is 6.73 Å². The van der Waals surface area contributed by atoms with E-state index >= 15 is 0 Å². The van der Waals surface area contributed by atoms with Gasteiger partial charge in [-0.25, -0.2) is 0 Å². The van der Waals surface area contributed by atoms with Crippen LogP contribution >= 0.6 is 0 Å². The average molecular weight is 464 g/mol. The molecule has 0 fully saturated rings. The van der Waals surface area contributed by atoms with Gasteiger partial charge in [0.25, 0.3) is 6.47 Å². The molecule has 0 aliphatic rings. The first-order chi connectivity index (χ1) is 15.8. The molecular weight excluding hydrogens is 418 g/mol. The van der Waals surface area contributed by atoms with Crippen LogP contribution in [-0.4, -0.2) is 96.6 Å². The maximum Gasteiger partial charge on any atom is 0.303 e. The van der Waals surface area contributed by atoms with E-state index < -0.39 is 5.97 Å². The largest absolute Gasteiger partial charge is 0.481 e. The molecule has 0 aromatic heterocycles. The normalized spacial score (nSPS) is 11.0. The number of carbonyl (C=O) groups excluding carboxylic acids is 1. The van der Waals surface area contributed by atoms with Crippen molar-refractivity contribution in [2.75, 3.05) is 79.1 Å². The summed E-state index contributed by atoms with van der Waals surface area (Å²) >= 11 is 0. The number of rotatable bonds is 28. The van der Waals surface area contributed by atoms with E-state index in [-0.39, 0.29) is 13.2 Å². The first kappa shape index (κ1) is 30.7. The third-order valence-corrected chi connectivity index (χ3v) is 4.48. The Bertz CT molecular complexity index is 404. The molecule has 0 saturated heterocycles. The zero-order valence-electron chi connectivity index (χ0n) is 19.6. The van der Waals surface area contributed by atoms with Crippen molar-refractivity contribution in [1.29, 1.82) is 0 Å². The van der Waals surface area contributed by atoms with Gasteiger partial charge in [0.15, 0.2) is 0 Å². The molecule has 190 valence electrons. The minimum absolute atomic E-state index is 0.237. The minimum Gasteiger partial charge on any atom is -0.481 e. The smallest absolute Gasteiger partial charge is 0.303 e. The molecule has 0 aliphatic heterocycles. The van der Waals surface area contributed by atoms with Gasteiger partial charge in [-0.2, -0.15) is 0 Å². The Morgan fingerprint density at radius 3 is 1.62 bits per heavy atom. The second-order valence-corrected chi connectivity index (χ2v) is 7.36. The summed E-state index contributed by atoms with van der Waals surface area (Å²) in [6.07, 6.45) is 7.21. The van der Waals surface area contributed by atoms with Crippen LogP contribution in [-0.2, 0) is 28.5 Å². The lowest BCUT2D eigenvalue weighted by Gasteiger charge is -2.08. The Labute approximate surface area is 193 Å². The molecule has 0 aromatic rings. The second-order valence-electron chi connectivity index (χ2n) is 7.36. The zero-order chi connectivity index (χ0) is 23.4. The molecule has 0 heterocycles. The van der Waals surface area contributed by atoms with Crippen LogP contribution in [0.4, 0.5) is 0 Å². The summed E-state index contributed by atoms with van der Waals surface area (Å²) in [4.78, 5) is 20.3. The van der Waals surface area contributed by atoms with Crippen LogP contribution in [0.2, 0.25) is 0 Å². The fourth-order valence-corrected chi connectivity index (χ4v) is 2.76. The van der Waals surface area contributed by atoms with Crippen molar-refractivity contribution < 1.29 is 33.6 Å². The molecule has 0 spiro atoms. The van der Waals surface area contributed by atoms with E-state index in [1.165, 1.54) is 0 Å². The van der Waals surface area contributed by atoms with Crippen molar-refractivity contribution in [1.82, 2.24) is 16.0 Å². The Hall–Kier alpha value is -1.30. The fourth-order valence-electron chi connectivity index (χ4n) is 2.76. The lowest BCUT2D eigenvalue weighted by atomic mass is 10.2. The number of hydrogen-bond donors (Lipinski definition) is 4. The molecular formula is C22H45N3O7. The number of aliphatic carboxylic acids is 1. The number of hydrogen-bond acceptors (Lipinski definition) is 9. The maximum absolute atomic E-state index is 10.4. The minimum atomic E-state index is -0.704. The fraction of sp³-hybridized carbons (Fsp3) is 0.909. The molecule has 0 aromatic carbocycles. The number of nitrogens with one attached hydrogen (secondary N) is 3. The highest BCUT2D eigenvalue weighted by atomic mass is 16.5. The Balaban J connectivity index is 3.01. The van der Waals surface area contributed by atoms with E-state index in [4.69, 9.17) is 19.3 Å². The molecule has 0 atom stereocenters. The molecule has 0 unspecified atom stereocenters. The molecule has 0 aliphatic carbocycles. The topological polar surface area (TPSA) is 127 Å². The van der Waals surface area contributed by atoms with Crippen LogP contribution in [0.15, 0.2) is 0 Å². The molecule has 32 heavy (non-hydrogen) atoms. The number of carboxylic acid groups (broad SMARTS) is 1. The van der Waals surface area contributed by atoms with Gasteiger partial charge in [-0.05, 0) is 64.7 Å². The van der Waals surface area contributed by atoms with Crippen molar-refractivity contribution in [3.63, 3.8) is 0 Å². The van der Waals surface area contributed by atoms with Crippen molar-refractivity contribution in [3.05, 3.63) is 0 Å². The predicted molar refractivity (Wildman–Crippen MR) is 123 cm³/mol. The number of carboxylic acids is 1. The second kappa shape index (κ2) is 27.7. The molecule has 0 bridgehead atoms. The third kappa shape index (κ3) is 28.7. The molecule has 0 rings (SSSR count). The van der Waals surface area contributed by atoms with Gasteiger partial charge in [0, 0.05) is 26.2 Å². The quantitative estimate of drug-likeness (QED) is 0.0762. The van der Waals surface area contributed by atoms with E-state index in [2.05, 4.69) is 20.7 Å². The van der Waals surface area contributed by atoms with Gasteiger partial charge in [-0.3, -0.25) is 14.9 Å². The molecule has 10 nitrogen and oxygen atoms in total. The third-order valence-electron chi connectivity index (χ3n) is 4.48. The van der Waals surface area contributed by atoms with E-state index in [9.17, 15) is 9.59 Å². The van der Waals surface area contributed by atoms with Crippen LogP contribution < -0.4 is 16.0 Å². The molecule has 0 amide bonds. The summed E-state index contributed by atoms with van der Waals surface area (Å²) in [5.74, 6) is -0.704. The molecule has 10 heteroatoms. The Morgan fingerprint density at radius 2 is 1.09 bits per heavy atom. The van der Waals surface area contributed by atoms with E-state index in [0.29, 0.717) is 39.5 Å². The monoisotopic (exact) mass is 463 g/mol. The number of unbranched alkanes of at least 4 members (excludes halogenated alkanes) is 3. The first-order valence-corrected chi connectivity index (χ1v) is 11.9. The van der Waals surface area contributed by atoms with Gasteiger partial charge < -0.3 is 34.7 Å². The SMILES string of the molecule is O=COCNCCCOCCOCCOCCCNCCCCNCCCCCC(=O)O. The summed E-state index contributed by atoms with van der Waals surface area (Å²) in [5.41, 5.74) is 0. The molecule has 4 N–H and O–H groups in total. The number of carbonyl (C=O) groups is 2. The van der Waals surface area contributed by atoms with Gasteiger partial charge in [-0.1, -0.05) is 6.42 Å². The summed E-state index contributed by atoms with van der Waals surface area (Å²) in [5, 5.41) is 18.3. The van der Waals surface area contributed by atoms with Crippen LogP contribution in [0.1, 0.15) is 51.4 Å². The highest BCUT2D eigenvalue weighted by Crippen LogP contribution is 1.98. The Morgan fingerprint density at radius 1 is 0.625 bits per heavy atom. The standard InChI is InChI=1S/C22H45N3O7/c26-21-32-20-25-13-7-15-30-17-19-31-18-16-29-14-6-12-24-11-5-4-10-23-9-3-1-2-8-22(27)28/h21,23-25H,1-20H2,(H,27,28). The van der Waals surface area contributed by atoms with Gasteiger partial charge >= 0.3 is 5.97 Å². The highest BCUT2D eigenvalue weighted by molar-refractivity contribution is 5.66. The first-order valence-electron chi connectivity index (χ1n) is 11.9. The van der Waals surface area contributed by atoms with Crippen molar-refractivity contribution >= 4 is 12.4 Å². The lowest BCUT2D eigenvalue weighted by molar-refractivity contribution is -0.137. The zero-order valence-corrected chi connectivity index (χ0v) is 19.6. The molecule has 0 radical (unpaired) electrons. The highest BCUT2D eigenvalue weighted by Gasteiger charge is 1.97. The molecule has 0 saturated carbocycles. The number of ether oxygens (including phenoxy) is 4. The predicted octanol–water partition coefficient (Wildman–Crippen LogP) is 1.14. The van der Waals surface area contributed by atoms with Crippen LogP contribution in [0.5, 0.6) is 0 Å². The summed E-state index contributed by atoms with van der Waals surface area (Å²) in [6.45, 7) is 9.06. The average Bonchev–Trinajstić information content (AvgIpc) is 2.78. The van der Waals surface area contributed by atoms with Crippen LogP contribution in [0.25, 0.3) is 0 Å². The Kier molecular flexibility index (Phi) is 26.6. The van der Waals surface area contributed by atoms with Crippen molar-refractivity contribution in [3.8, 4) is 0 Å². The lowest BCUT2D eigenvalue weighted by Crippen LogP contribution is -2.21. The summed E-state index contributed by atoms with van der Waals surface area (Å²) < 4.78 is 20.9. The van der Waals surface area contributed by atoms with E-state index in [0.717, 1.165) is 84.3 Å². The maximum atomic E-state index is 10.4. The van der Waals surface area contributed by atoms with Crippen molar-refractivity contribution in [2.24, 2.45) is 0 Å². The van der Waals surface area contributed by atoms with Gasteiger partial charge in [0.05, 0.1) is 26.4 Å². The van der Waals surface area contributed by atoms with Crippen LogP contribution in [0.3, 0.4) is 0 Å². The summed E-state index contributed by atoms with van der Waals surface area (Å²) in [6, 6.07) is 0. The van der Waals surface area contributed by atoms with E-state index in [1.54, 1.807) is 0 Å². The summed E-state index contributed by atoms with van der Waals surface area (Å²) in [7, 11) is 0. The van der Waals surface area contributed by atoms with Gasteiger partial charge in [0.2, 0.25) is 0 Å². The van der Waals surface area contributed by atoms with Gasteiger partial charge in [-0.15, -0.1) is 0 Å². The van der Waals surface area contributed by atoms with Crippen molar-refractivity contribution in [2.45, 2.75) is 51.4 Å². The van der Waals surface area contributed by atoms with Crippen LogP contribution in [0, 0.1) is 0 Å².